The van der Waals surface area contributed by atoms with Gasteiger partial charge in [0.15, 0.2) is 10.8 Å². The second-order valence-corrected chi connectivity index (χ2v) is 6.05. The molecular weight excluding hydrogens is 523 g/mol. The molecule has 0 spiro atoms. The number of ether oxygens (including phenoxy) is 2. The molecule has 4 rings (SSSR count). The molecule has 0 saturated carbocycles. The van der Waals surface area contributed by atoms with Crippen LogP contribution in [0.3, 0.4) is 0 Å². The van der Waals surface area contributed by atoms with Crippen LogP contribution in [0.25, 0.3) is 11.2 Å². The van der Waals surface area contributed by atoms with Crippen LogP contribution in [0.15, 0.2) is 12.7 Å². The molecule has 1 N–H and O–H groups in total. The van der Waals surface area contributed by atoms with E-state index in [9.17, 15) is 5.11 Å². The van der Waals surface area contributed by atoms with Crippen LogP contribution in [0.2, 0.25) is 5.15 Å². The SMILES string of the molecule is C[C@@H]1C2COC[C@]1(CO)O[C@H]2n1cnc2c(Cl)ncnc21.[Ac]. The zero-order valence-corrected chi connectivity index (χ0v) is 17.5. The summed E-state index contributed by atoms with van der Waals surface area (Å²) < 4.78 is 13.6. The number of aliphatic hydroxyl groups is 1. The Labute approximate surface area is 167 Å². The standard InChI is InChI=1S/C13H15ClN4O3.Ac/c1-7-8-2-20-4-13(7,3-19)21-12(8)18-6-17-9-10(14)15-5-16-11(9)18;/h5-8,12,19H,2-4H2,1H3;/t7-,8?,12-,13+;/m1./s1. The van der Waals surface area contributed by atoms with Gasteiger partial charge >= 0.3 is 0 Å². The van der Waals surface area contributed by atoms with Crippen LogP contribution in [-0.4, -0.2) is 50.0 Å². The number of rotatable bonds is 2. The predicted molar refractivity (Wildman–Crippen MR) is 73.7 cm³/mol. The molecule has 4 heterocycles. The molecule has 115 valence electrons. The Morgan fingerprint density at radius 3 is 3.00 bits per heavy atom. The van der Waals surface area contributed by atoms with Gasteiger partial charge in [0.25, 0.3) is 0 Å². The van der Waals surface area contributed by atoms with Crippen molar-refractivity contribution in [2.24, 2.45) is 11.8 Å². The van der Waals surface area contributed by atoms with Crippen LogP contribution in [0.1, 0.15) is 13.2 Å². The number of hydrogen-bond donors (Lipinski definition) is 1. The zero-order chi connectivity index (χ0) is 14.6. The monoisotopic (exact) mass is 537 g/mol. The zero-order valence-electron chi connectivity index (χ0n) is 12.0. The van der Waals surface area contributed by atoms with E-state index in [4.69, 9.17) is 21.1 Å². The van der Waals surface area contributed by atoms with E-state index in [-0.39, 0.29) is 68.7 Å². The largest absolute Gasteiger partial charge is 0.393 e. The summed E-state index contributed by atoms with van der Waals surface area (Å²) in [7, 11) is 0. The van der Waals surface area contributed by atoms with E-state index >= 15 is 0 Å². The van der Waals surface area contributed by atoms with Gasteiger partial charge in [-0.15, -0.1) is 0 Å². The van der Waals surface area contributed by atoms with Crippen molar-refractivity contribution in [2.75, 3.05) is 19.8 Å². The quantitative estimate of drug-likeness (QED) is 0.577. The molecular formula is C13H15AcClN4O3. The molecule has 1 radical (unpaired) electrons. The van der Waals surface area contributed by atoms with Gasteiger partial charge in [0, 0.05) is 50.0 Å². The van der Waals surface area contributed by atoms with E-state index in [0.717, 1.165) is 0 Å². The van der Waals surface area contributed by atoms with E-state index in [1.165, 1.54) is 6.33 Å². The van der Waals surface area contributed by atoms with Gasteiger partial charge in [-0.1, -0.05) is 18.5 Å². The van der Waals surface area contributed by atoms with E-state index < -0.39 is 5.60 Å². The minimum absolute atomic E-state index is 0. The van der Waals surface area contributed by atoms with Gasteiger partial charge in [-0.3, -0.25) is 4.57 Å². The average molecular weight is 538 g/mol. The minimum atomic E-state index is -0.652. The summed E-state index contributed by atoms with van der Waals surface area (Å²) in [5.74, 6) is 0.327. The third kappa shape index (κ3) is 2.35. The first-order chi connectivity index (χ1) is 10.2. The van der Waals surface area contributed by atoms with Crippen molar-refractivity contribution in [1.29, 1.82) is 0 Å². The summed E-state index contributed by atoms with van der Waals surface area (Å²) in [6.45, 7) is 3.01. The number of nitrogens with zero attached hydrogens (tertiary/aromatic N) is 4. The first-order valence-electron chi connectivity index (χ1n) is 6.86. The van der Waals surface area contributed by atoms with Crippen molar-refractivity contribution in [3.8, 4) is 0 Å². The average Bonchev–Trinajstić information content (AvgIpc) is 2.96. The Bertz CT molecular complexity index is 699. The number of aromatic nitrogens is 4. The molecule has 2 aromatic rings. The maximum atomic E-state index is 9.73. The number of imidazole rings is 1. The number of fused-ring (bicyclic) bond motifs is 3. The smallest absolute Gasteiger partial charge is 0.166 e. The van der Waals surface area contributed by atoms with Crippen LogP contribution >= 0.6 is 11.6 Å². The second kappa shape index (κ2) is 6.23. The molecule has 0 aromatic carbocycles. The molecule has 2 saturated heterocycles. The third-order valence-electron chi connectivity index (χ3n) is 4.71. The summed E-state index contributed by atoms with van der Waals surface area (Å²) in [5, 5.41) is 10.1. The minimum Gasteiger partial charge on any atom is -0.393 e. The first-order valence-corrected chi connectivity index (χ1v) is 7.23. The van der Waals surface area contributed by atoms with Crippen molar-refractivity contribution in [3.05, 3.63) is 17.8 Å². The Morgan fingerprint density at radius 1 is 1.45 bits per heavy atom. The van der Waals surface area contributed by atoms with Gasteiger partial charge in [0.05, 0.1) is 26.1 Å². The molecule has 2 aliphatic rings. The van der Waals surface area contributed by atoms with Crippen molar-refractivity contribution in [2.45, 2.75) is 18.8 Å². The number of hydrogen-bond acceptors (Lipinski definition) is 6. The number of halogens is 1. The van der Waals surface area contributed by atoms with Crippen LogP contribution in [0, 0.1) is 55.9 Å². The Morgan fingerprint density at radius 2 is 2.27 bits per heavy atom. The van der Waals surface area contributed by atoms with Gasteiger partial charge in [-0.05, 0) is 5.92 Å². The van der Waals surface area contributed by atoms with E-state index in [1.54, 1.807) is 6.33 Å². The molecule has 0 amide bonds. The molecule has 0 aliphatic carbocycles. The van der Waals surface area contributed by atoms with Gasteiger partial charge in [0.1, 0.15) is 23.7 Å². The molecule has 2 aromatic heterocycles. The van der Waals surface area contributed by atoms with Crippen molar-refractivity contribution in [1.82, 2.24) is 19.5 Å². The first kappa shape index (κ1) is 17.0. The van der Waals surface area contributed by atoms with Crippen molar-refractivity contribution >= 4 is 22.8 Å². The Kier molecular flexibility index (Phi) is 4.81. The Balaban J connectivity index is 0.00000144. The molecule has 2 bridgehead atoms. The van der Waals surface area contributed by atoms with Gasteiger partial charge in [0.2, 0.25) is 0 Å². The predicted octanol–water partition coefficient (Wildman–Crippen LogP) is 1.02. The third-order valence-corrected chi connectivity index (χ3v) is 4.98. The van der Waals surface area contributed by atoms with Gasteiger partial charge < -0.3 is 14.6 Å². The van der Waals surface area contributed by atoms with Gasteiger partial charge in [-0.25, -0.2) is 15.0 Å². The fourth-order valence-corrected chi connectivity index (χ4v) is 3.51. The molecule has 1 unspecified atom stereocenters. The summed E-state index contributed by atoms with van der Waals surface area (Å²) in [5.41, 5.74) is 0.532. The molecule has 2 fully saturated rings. The van der Waals surface area contributed by atoms with E-state index in [0.29, 0.717) is 29.5 Å². The van der Waals surface area contributed by atoms with Gasteiger partial charge in [-0.2, -0.15) is 0 Å². The molecule has 4 atom stereocenters. The van der Waals surface area contributed by atoms with E-state index in [2.05, 4.69) is 21.9 Å². The topological polar surface area (TPSA) is 82.3 Å². The molecule has 2 aliphatic heterocycles. The maximum Gasteiger partial charge on any atom is 0.166 e. The number of aliphatic hydroxyl groups excluding tert-OH is 1. The molecule has 9 heteroatoms. The van der Waals surface area contributed by atoms with Crippen LogP contribution < -0.4 is 0 Å². The summed E-state index contributed by atoms with van der Waals surface area (Å²) >= 11 is 6.04. The summed E-state index contributed by atoms with van der Waals surface area (Å²) in [4.78, 5) is 12.5. The van der Waals surface area contributed by atoms with E-state index in [1.807, 2.05) is 4.57 Å². The Hall–Kier alpha value is 0.162. The van der Waals surface area contributed by atoms with Crippen molar-refractivity contribution in [3.63, 3.8) is 0 Å². The molecule has 22 heavy (non-hydrogen) atoms. The maximum absolute atomic E-state index is 9.73. The second-order valence-electron chi connectivity index (χ2n) is 5.69. The van der Waals surface area contributed by atoms with Crippen LogP contribution in [0.4, 0.5) is 0 Å². The fourth-order valence-electron chi connectivity index (χ4n) is 3.33. The normalized spacial score (nSPS) is 33.9. The summed E-state index contributed by atoms with van der Waals surface area (Å²) in [6.07, 6.45) is 2.80. The van der Waals surface area contributed by atoms with Crippen molar-refractivity contribution < 1.29 is 58.6 Å². The van der Waals surface area contributed by atoms with Crippen LogP contribution in [0.5, 0.6) is 0 Å². The molecule has 7 nitrogen and oxygen atoms in total. The summed E-state index contributed by atoms with van der Waals surface area (Å²) in [6, 6.07) is 0. The van der Waals surface area contributed by atoms with Crippen LogP contribution in [-0.2, 0) is 9.47 Å². The fraction of sp³-hybridized carbons (Fsp3) is 0.615.